The van der Waals surface area contributed by atoms with Gasteiger partial charge >= 0.3 is 5.97 Å². The SMILES string of the molecule is CNCC#Cc1cnc(Cl)cc1C(=O)O. The lowest BCUT2D eigenvalue weighted by atomic mass is 10.1. The maximum atomic E-state index is 10.8. The Balaban J connectivity index is 3.08. The molecule has 1 rings (SSSR count). The van der Waals surface area contributed by atoms with Gasteiger partial charge in [-0.15, -0.1) is 0 Å². The summed E-state index contributed by atoms with van der Waals surface area (Å²) in [5.74, 6) is 4.40. The van der Waals surface area contributed by atoms with Crippen molar-refractivity contribution in [2.24, 2.45) is 0 Å². The summed E-state index contributed by atoms with van der Waals surface area (Å²) in [6, 6.07) is 1.28. The van der Waals surface area contributed by atoms with E-state index in [0.29, 0.717) is 12.1 Å². The number of rotatable bonds is 2. The van der Waals surface area contributed by atoms with Crippen molar-refractivity contribution in [1.29, 1.82) is 0 Å². The van der Waals surface area contributed by atoms with Crippen LogP contribution in [0, 0.1) is 11.8 Å². The highest BCUT2D eigenvalue weighted by atomic mass is 35.5. The van der Waals surface area contributed by atoms with Gasteiger partial charge in [0.15, 0.2) is 0 Å². The van der Waals surface area contributed by atoms with E-state index in [9.17, 15) is 4.79 Å². The number of pyridine rings is 1. The molecule has 0 saturated carbocycles. The predicted octanol–water partition coefficient (Wildman–Crippen LogP) is 1.00. The molecule has 0 fully saturated rings. The highest BCUT2D eigenvalue weighted by molar-refractivity contribution is 6.29. The van der Waals surface area contributed by atoms with Gasteiger partial charge < -0.3 is 10.4 Å². The Hall–Kier alpha value is -1.57. The average Bonchev–Trinajstić information content (AvgIpc) is 2.20. The summed E-state index contributed by atoms with van der Waals surface area (Å²) in [5, 5.41) is 11.9. The van der Waals surface area contributed by atoms with E-state index >= 15 is 0 Å². The summed E-state index contributed by atoms with van der Waals surface area (Å²) >= 11 is 5.59. The Kier molecular flexibility index (Phi) is 4.10. The molecule has 0 aliphatic heterocycles. The lowest BCUT2D eigenvalue weighted by Crippen LogP contribution is -2.05. The zero-order chi connectivity index (χ0) is 11.3. The Morgan fingerprint density at radius 2 is 2.47 bits per heavy atom. The number of nitrogens with one attached hydrogen (secondary N) is 1. The second-order valence-corrected chi connectivity index (χ2v) is 3.08. The molecule has 15 heavy (non-hydrogen) atoms. The van der Waals surface area contributed by atoms with Crippen LogP contribution in [0.1, 0.15) is 15.9 Å². The van der Waals surface area contributed by atoms with Crippen LogP contribution in [0.5, 0.6) is 0 Å². The van der Waals surface area contributed by atoms with Crippen molar-refractivity contribution in [3.05, 3.63) is 28.5 Å². The van der Waals surface area contributed by atoms with Gasteiger partial charge in [-0.25, -0.2) is 9.78 Å². The fraction of sp³-hybridized carbons (Fsp3) is 0.200. The Bertz CT molecular complexity index is 435. The van der Waals surface area contributed by atoms with E-state index in [1.165, 1.54) is 12.3 Å². The monoisotopic (exact) mass is 224 g/mol. The first-order valence-corrected chi connectivity index (χ1v) is 4.55. The average molecular weight is 225 g/mol. The number of carboxylic acids is 1. The minimum atomic E-state index is -1.06. The van der Waals surface area contributed by atoms with Crippen LogP contribution in [0.3, 0.4) is 0 Å². The zero-order valence-electron chi connectivity index (χ0n) is 8.04. The Labute approximate surface area is 92.3 Å². The maximum absolute atomic E-state index is 10.8. The van der Waals surface area contributed by atoms with Crippen LogP contribution in [-0.4, -0.2) is 29.7 Å². The molecule has 0 atom stereocenters. The van der Waals surface area contributed by atoms with Gasteiger partial charge in [0.25, 0.3) is 0 Å². The molecule has 1 aromatic heterocycles. The molecule has 0 aromatic carbocycles. The predicted molar refractivity (Wildman–Crippen MR) is 57.0 cm³/mol. The number of hydrogen-bond acceptors (Lipinski definition) is 3. The molecule has 78 valence electrons. The molecule has 0 aliphatic carbocycles. The van der Waals surface area contributed by atoms with Gasteiger partial charge in [0, 0.05) is 6.20 Å². The van der Waals surface area contributed by atoms with Crippen LogP contribution in [0.2, 0.25) is 5.15 Å². The number of hydrogen-bond donors (Lipinski definition) is 2. The van der Waals surface area contributed by atoms with Crippen molar-refractivity contribution >= 4 is 17.6 Å². The van der Waals surface area contributed by atoms with Crippen LogP contribution in [0.25, 0.3) is 0 Å². The van der Waals surface area contributed by atoms with Gasteiger partial charge in [-0.1, -0.05) is 23.4 Å². The minimum absolute atomic E-state index is 0.0682. The second-order valence-electron chi connectivity index (χ2n) is 2.69. The quantitative estimate of drug-likeness (QED) is 0.581. The Morgan fingerprint density at radius 3 is 3.07 bits per heavy atom. The van der Waals surface area contributed by atoms with Crippen LogP contribution in [0.15, 0.2) is 12.3 Å². The van der Waals surface area contributed by atoms with E-state index in [-0.39, 0.29) is 10.7 Å². The molecule has 0 radical (unpaired) electrons. The fourth-order valence-electron chi connectivity index (χ4n) is 0.934. The summed E-state index contributed by atoms with van der Waals surface area (Å²) in [7, 11) is 1.76. The van der Waals surface area contributed by atoms with Crippen molar-refractivity contribution in [2.45, 2.75) is 0 Å². The molecule has 1 aromatic rings. The van der Waals surface area contributed by atoms with Gasteiger partial charge in [0.2, 0.25) is 0 Å². The van der Waals surface area contributed by atoms with Crippen LogP contribution < -0.4 is 5.32 Å². The van der Waals surface area contributed by atoms with Gasteiger partial charge in [0.1, 0.15) is 5.15 Å². The third-order valence-electron chi connectivity index (χ3n) is 1.59. The van der Waals surface area contributed by atoms with Crippen molar-refractivity contribution in [3.63, 3.8) is 0 Å². The van der Waals surface area contributed by atoms with E-state index < -0.39 is 5.97 Å². The number of carboxylic acid groups (broad SMARTS) is 1. The van der Waals surface area contributed by atoms with Gasteiger partial charge in [-0.05, 0) is 13.1 Å². The Morgan fingerprint density at radius 1 is 1.73 bits per heavy atom. The standard InChI is InChI=1S/C10H9ClN2O2/c1-12-4-2-3-7-6-13-9(11)5-8(7)10(14)15/h5-6,12H,4H2,1H3,(H,14,15). The van der Waals surface area contributed by atoms with E-state index in [2.05, 4.69) is 22.1 Å². The normalized spacial score (nSPS) is 9.20. The summed E-state index contributed by atoms with van der Waals surface area (Å²) in [6.07, 6.45) is 1.36. The first kappa shape index (κ1) is 11.5. The van der Waals surface area contributed by atoms with Crippen molar-refractivity contribution < 1.29 is 9.90 Å². The summed E-state index contributed by atoms with van der Waals surface area (Å²) in [4.78, 5) is 14.6. The molecular formula is C10H9ClN2O2. The van der Waals surface area contributed by atoms with E-state index in [1.54, 1.807) is 7.05 Å². The molecule has 4 nitrogen and oxygen atoms in total. The third kappa shape index (κ3) is 3.24. The van der Waals surface area contributed by atoms with Gasteiger partial charge in [-0.3, -0.25) is 0 Å². The van der Waals surface area contributed by atoms with Crippen molar-refractivity contribution in [2.75, 3.05) is 13.6 Å². The molecule has 1 heterocycles. The molecule has 0 saturated heterocycles. The lowest BCUT2D eigenvalue weighted by Gasteiger charge is -1.98. The van der Waals surface area contributed by atoms with E-state index in [0.717, 1.165) is 0 Å². The summed E-state index contributed by atoms with van der Waals surface area (Å²) in [5.41, 5.74) is 0.431. The van der Waals surface area contributed by atoms with Crippen LogP contribution >= 0.6 is 11.6 Å². The summed E-state index contributed by atoms with van der Waals surface area (Å²) < 4.78 is 0. The topological polar surface area (TPSA) is 62.2 Å². The van der Waals surface area contributed by atoms with Gasteiger partial charge in [0.05, 0.1) is 17.7 Å². The molecule has 0 amide bonds. The van der Waals surface area contributed by atoms with E-state index in [4.69, 9.17) is 16.7 Å². The maximum Gasteiger partial charge on any atom is 0.337 e. The smallest absolute Gasteiger partial charge is 0.337 e. The molecular weight excluding hydrogens is 216 g/mol. The van der Waals surface area contributed by atoms with Crippen molar-refractivity contribution in [3.8, 4) is 11.8 Å². The molecule has 5 heteroatoms. The number of aromatic carboxylic acids is 1. The first-order chi connectivity index (χ1) is 7.15. The summed E-state index contributed by atoms with van der Waals surface area (Å²) in [6.45, 7) is 0.488. The first-order valence-electron chi connectivity index (χ1n) is 4.17. The van der Waals surface area contributed by atoms with Crippen LogP contribution in [0.4, 0.5) is 0 Å². The second kappa shape index (κ2) is 5.35. The zero-order valence-corrected chi connectivity index (χ0v) is 8.80. The number of carbonyl (C=O) groups is 1. The van der Waals surface area contributed by atoms with Crippen LogP contribution in [-0.2, 0) is 0 Å². The minimum Gasteiger partial charge on any atom is -0.478 e. The molecule has 0 bridgehead atoms. The fourth-order valence-corrected chi connectivity index (χ4v) is 1.09. The van der Waals surface area contributed by atoms with Gasteiger partial charge in [-0.2, -0.15) is 0 Å². The molecule has 2 N–H and O–H groups in total. The third-order valence-corrected chi connectivity index (χ3v) is 1.80. The highest BCUT2D eigenvalue weighted by Crippen LogP contribution is 2.12. The molecule has 0 spiro atoms. The molecule has 0 aliphatic rings. The highest BCUT2D eigenvalue weighted by Gasteiger charge is 2.09. The molecule has 0 unspecified atom stereocenters. The number of nitrogens with zero attached hydrogens (tertiary/aromatic N) is 1. The largest absolute Gasteiger partial charge is 0.478 e. The lowest BCUT2D eigenvalue weighted by molar-refractivity contribution is 0.0696. The van der Waals surface area contributed by atoms with E-state index in [1.807, 2.05) is 0 Å². The van der Waals surface area contributed by atoms with Crippen molar-refractivity contribution in [1.82, 2.24) is 10.3 Å². The number of aromatic nitrogens is 1. The number of halogens is 1.